The fourth-order valence-electron chi connectivity index (χ4n) is 2.37. The van der Waals surface area contributed by atoms with Crippen molar-refractivity contribution in [1.82, 2.24) is 4.57 Å². The van der Waals surface area contributed by atoms with E-state index in [0.717, 1.165) is 16.8 Å². The summed E-state index contributed by atoms with van der Waals surface area (Å²) in [5.74, 6) is 0. The average molecular weight is 270 g/mol. The molecule has 94 valence electrons. The van der Waals surface area contributed by atoms with Gasteiger partial charge in [-0.05, 0) is 17.7 Å². The van der Waals surface area contributed by atoms with Crippen LogP contribution in [-0.2, 0) is 7.05 Å². The second kappa shape index (κ2) is 4.56. The van der Waals surface area contributed by atoms with Crippen molar-refractivity contribution >= 4 is 22.5 Å². The highest BCUT2D eigenvalue weighted by Gasteiger charge is 2.14. The van der Waals surface area contributed by atoms with E-state index in [4.69, 9.17) is 11.6 Å². The molecule has 0 amide bonds. The third-order valence-electron chi connectivity index (χ3n) is 3.30. The Morgan fingerprint density at radius 3 is 2.32 bits per heavy atom. The molecule has 3 rings (SSSR count). The number of pyridine rings is 1. The van der Waals surface area contributed by atoms with Crippen LogP contribution in [0, 0.1) is 0 Å². The summed E-state index contributed by atoms with van der Waals surface area (Å²) < 4.78 is 1.97. The molecule has 0 bridgehead atoms. The Morgan fingerprint density at radius 2 is 1.58 bits per heavy atom. The topological polar surface area (TPSA) is 22.0 Å². The zero-order valence-corrected chi connectivity index (χ0v) is 11.2. The predicted octanol–water partition coefficient (Wildman–Crippen LogP) is 3.86. The molecule has 1 aromatic heterocycles. The van der Waals surface area contributed by atoms with Crippen molar-refractivity contribution < 1.29 is 0 Å². The number of nitrogens with zero attached hydrogens (tertiary/aromatic N) is 1. The van der Waals surface area contributed by atoms with Crippen molar-refractivity contribution in [3.8, 4) is 11.3 Å². The first kappa shape index (κ1) is 12.0. The number of rotatable bonds is 1. The Bertz CT molecular complexity index is 806. The molecule has 0 atom stereocenters. The number of benzene rings is 2. The molecule has 3 aromatic rings. The highest BCUT2D eigenvalue weighted by Crippen LogP contribution is 2.27. The monoisotopic (exact) mass is 269 g/mol. The van der Waals surface area contributed by atoms with Gasteiger partial charge in [0.15, 0.2) is 0 Å². The quantitative estimate of drug-likeness (QED) is 0.657. The maximum absolute atomic E-state index is 12.3. The summed E-state index contributed by atoms with van der Waals surface area (Å²) in [5, 5.41) is 0.919. The summed E-state index contributed by atoms with van der Waals surface area (Å²) in [6.45, 7) is 0. The molecule has 0 N–H and O–H groups in total. The summed E-state index contributed by atoms with van der Waals surface area (Å²) in [6, 6.07) is 17.2. The standard InChI is InChI=1S/C16H12ClNO/c1-18-13-10-6-5-9-12(13)16(19)14(17)15(18)11-7-3-2-4-8-11/h2-10H,1H3. The van der Waals surface area contributed by atoms with Gasteiger partial charge in [-0.25, -0.2) is 0 Å². The van der Waals surface area contributed by atoms with Gasteiger partial charge in [-0.3, -0.25) is 4.79 Å². The van der Waals surface area contributed by atoms with E-state index < -0.39 is 0 Å². The largest absolute Gasteiger partial charge is 0.342 e. The Labute approximate surface area is 115 Å². The van der Waals surface area contributed by atoms with Crippen molar-refractivity contribution in [1.29, 1.82) is 0 Å². The van der Waals surface area contributed by atoms with Crippen molar-refractivity contribution in [2.75, 3.05) is 0 Å². The highest BCUT2D eigenvalue weighted by atomic mass is 35.5. The lowest BCUT2D eigenvalue weighted by molar-refractivity contribution is 0.961. The van der Waals surface area contributed by atoms with Gasteiger partial charge in [0.1, 0.15) is 5.02 Å². The Kier molecular flexibility index (Phi) is 2.88. The molecule has 0 aliphatic carbocycles. The van der Waals surface area contributed by atoms with Crippen molar-refractivity contribution in [2.24, 2.45) is 7.05 Å². The zero-order chi connectivity index (χ0) is 13.4. The molecule has 3 heteroatoms. The lowest BCUT2D eigenvalue weighted by Crippen LogP contribution is -2.11. The minimum absolute atomic E-state index is 0.116. The smallest absolute Gasteiger partial charge is 0.208 e. The molecule has 19 heavy (non-hydrogen) atoms. The second-order valence-electron chi connectivity index (χ2n) is 4.43. The number of aryl methyl sites for hydroxylation is 1. The molecule has 2 aromatic carbocycles. The molecule has 1 heterocycles. The van der Waals surface area contributed by atoms with Crippen LogP contribution in [0.4, 0.5) is 0 Å². The van der Waals surface area contributed by atoms with Crippen LogP contribution in [0.5, 0.6) is 0 Å². The first-order chi connectivity index (χ1) is 9.20. The predicted molar refractivity (Wildman–Crippen MR) is 79.6 cm³/mol. The molecule has 0 saturated carbocycles. The minimum Gasteiger partial charge on any atom is -0.342 e. The molecule has 2 nitrogen and oxygen atoms in total. The third-order valence-corrected chi connectivity index (χ3v) is 3.65. The Hall–Kier alpha value is -2.06. The number of fused-ring (bicyclic) bond motifs is 1. The molecule has 0 saturated heterocycles. The van der Waals surface area contributed by atoms with Crippen molar-refractivity contribution in [2.45, 2.75) is 0 Å². The Morgan fingerprint density at radius 1 is 0.947 bits per heavy atom. The van der Waals surface area contributed by atoms with Gasteiger partial charge < -0.3 is 4.57 Å². The normalized spacial score (nSPS) is 10.8. The van der Waals surface area contributed by atoms with Crippen LogP contribution in [0.2, 0.25) is 5.02 Å². The summed E-state index contributed by atoms with van der Waals surface area (Å²) in [4.78, 5) is 12.3. The second-order valence-corrected chi connectivity index (χ2v) is 4.81. The molecule has 0 radical (unpaired) electrons. The zero-order valence-electron chi connectivity index (χ0n) is 10.4. The summed E-state index contributed by atoms with van der Waals surface area (Å²) in [6.07, 6.45) is 0. The maximum atomic E-state index is 12.3. The summed E-state index contributed by atoms with van der Waals surface area (Å²) in [7, 11) is 1.93. The van der Waals surface area contributed by atoms with Gasteiger partial charge in [0.05, 0.1) is 11.2 Å². The van der Waals surface area contributed by atoms with E-state index in [2.05, 4.69) is 0 Å². The van der Waals surface area contributed by atoms with Crippen LogP contribution in [0.3, 0.4) is 0 Å². The van der Waals surface area contributed by atoms with Crippen LogP contribution >= 0.6 is 11.6 Å². The molecule has 0 spiro atoms. The molecule has 0 fully saturated rings. The SMILES string of the molecule is Cn1c(-c2ccccc2)c(Cl)c(=O)c2ccccc21. The minimum atomic E-state index is -0.116. The first-order valence-corrected chi connectivity index (χ1v) is 6.40. The van der Waals surface area contributed by atoms with Gasteiger partial charge in [-0.1, -0.05) is 54.1 Å². The lowest BCUT2D eigenvalue weighted by atomic mass is 10.1. The van der Waals surface area contributed by atoms with E-state index >= 15 is 0 Å². The fourth-order valence-corrected chi connectivity index (χ4v) is 2.71. The van der Waals surface area contributed by atoms with E-state index in [1.165, 1.54) is 0 Å². The van der Waals surface area contributed by atoms with E-state index in [1.807, 2.05) is 60.1 Å². The number of hydrogen-bond donors (Lipinski definition) is 0. The molecule has 0 unspecified atom stereocenters. The number of halogens is 1. The van der Waals surface area contributed by atoms with Crippen molar-refractivity contribution in [3.63, 3.8) is 0 Å². The highest BCUT2D eigenvalue weighted by molar-refractivity contribution is 6.33. The average Bonchev–Trinajstić information content (AvgIpc) is 2.46. The molecular formula is C16H12ClNO. The number of hydrogen-bond acceptors (Lipinski definition) is 1. The van der Waals surface area contributed by atoms with E-state index in [1.54, 1.807) is 6.07 Å². The van der Waals surface area contributed by atoms with E-state index in [0.29, 0.717) is 5.39 Å². The van der Waals surface area contributed by atoms with Crippen LogP contribution in [0.1, 0.15) is 0 Å². The molecule has 0 aliphatic heterocycles. The van der Waals surface area contributed by atoms with Gasteiger partial charge >= 0.3 is 0 Å². The number of aromatic nitrogens is 1. The van der Waals surface area contributed by atoms with Gasteiger partial charge in [0.25, 0.3) is 0 Å². The first-order valence-electron chi connectivity index (χ1n) is 6.03. The van der Waals surface area contributed by atoms with E-state index in [9.17, 15) is 4.79 Å². The van der Waals surface area contributed by atoms with Crippen molar-refractivity contribution in [3.05, 3.63) is 69.8 Å². The number of para-hydroxylation sites is 1. The van der Waals surface area contributed by atoms with Crippen LogP contribution < -0.4 is 5.43 Å². The molecular weight excluding hydrogens is 258 g/mol. The lowest BCUT2D eigenvalue weighted by Gasteiger charge is -2.14. The Balaban J connectivity index is 2.48. The van der Waals surface area contributed by atoms with Gasteiger partial charge in [-0.15, -0.1) is 0 Å². The van der Waals surface area contributed by atoms with Crippen LogP contribution in [0.15, 0.2) is 59.4 Å². The van der Waals surface area contributed by atoms with Gasteiger partial charge in [-0.2, -0.15) is 0 Å². The fraction of sp³-hybridized carbons (Fsp3) is 0.0625. The van der Waals surface area contributed by atoms with Crippen LogP contribution in [0.25, 0.3) is 22.2 Å². The summed E-state index contributed by atoms with van der Waals surface area (Å²) in [5.41, 5.74) is 2.47. The summed E-state index contributed by atoms with van der Waals surface area (Å²) >= 11 is 6.28. The van der Waals surface area contributed by atoms with E-state index in [-0.39, 0.29) is 10.5 Å². The van der Waals surface area contributed by atoms with Gasteiger partial charge in [0, 0.05) is 12.4 Å². The van der Waals surface area contributed by atoms with Gasteiger partial charge in [0.2, 0.25) is 5.43 Å². The maximum Gasteiger partial charge on any atom is 0.208 e. The third kappa shape index (κ3) is 1.85. The molecule has 0 aliphatic rings. The van der Waals surface area contributed by atoms with Crippen LogP contribution in [-0.4, -0.2) is 4.57 Å².